The first-order chi connectivity index (χ1) is 15.4. The highest BCUT2D eigenvalue weighted by atomic mass is 16.3. The van der Waals surface area contributed by atoms with E-state index in [0.717, 1.165) is 30.8 Å². The van der Waals surface area contributed by atoms with Gasteiger partial charge in [-0.1, -0.05) is 30.3 Å². The van der Waals surface area contributed by atoms with Gasteiger partial charge in [0.2, 0.25) is 0 Å². The van der Waals surface area contributed by atoms with Crippen LogP contribution in [0.5, 0.6) is 5.75 Å². The number of phenolic OH excluding ortho intramolecular Hbond substituents is 1. The minimum atomic E-state index is 0.00281. The fraction of sp³-hybridized carbons (Fsp3) is 0.444. The van der Waals surface area contributed by atoms with Crippen LogP contribution in [0.2, 0.25) is 0 Å². The van der Waals surface area contributed by atoms with Crippen LogP contribution >= 0.6 is 0 Å². The second kappa shape index (κ2) is 10.8. The van der Waals surface area contributed by atoms with Crippen molar-refractivity contribution in [3.8, 4) is 5.75 Å². The molecule has 5 nitrogen and oxygen atoms in total. The van der Waals surface area contributed by atoms with Gasteiger partial charge in [0.25, 0.3) is 5.91 Å². The van der Waals surface area contributed by atoms with Crippen LogP contribution in [0.25, 0.3) is 0 Å². The third-order valence-corrected chi connectivity index (χ3v) is 6.57. The minimum absolute atomic E-state index is 0.00281. The van der Waals surface area contributed by atoms with E-state index in [2.05, 4.69) is 48.4 Å². The van der Waals surface area contributed by atoms with Crippen LogP contribution in [0.15, 0.2) is 61.2 Å². The summed E-state index contributed by atoms with van der Waals surface area (Å²) in [5.41, 5.74) is 2.90. The van der Waals surface area contributed by atoms with E-state index >= 15 is 0 Å². The first kappa shape index (κ1) is 24.0. The molecule has 2 aromatic rings. The molecular formula is C27H37N3O2. The molecule has 0 aliphatic carbocycles. The summed E-state index contributed by atoms with van der Waals surface area (Å²) in [5.74, 6) is 0.335. The number of piperazine rings is 1. The van der Waals surface area contributed by atoms with E-state index in [1.807, 2.05) is 49.1 Å². The lowest BCUT2D eigenvalue weighted by atomic mass is 9.92. The SMILES string of the molecule is C=CCN1C[C@H](C)N(C(c2ccc(C(=O)N(CC)CC)cc2)c2cccc(O)c2)C[C@@H]1C. The van der Waals surface area contributed by atoms with Gasteiger partial charge < -0.3 is 10.0 Å². The summed E-state index contributed by atoms with van der Waals surface area (Å²) in [6.45, 7) is 16.6. The molecule has 0 bridgehead atoms. The number of hydrogen-bond donors (Lipinski definition) is 1. The van der Waals surface area contributed by atoms with Crippen molar-refractivity contribution in [1.29, 1.82) is 0 Å². The van der Waals surface area contributed by atoms with Crippen LogP contribution in [0.4, 0.5) is 0 Å². The van der Waals surface area contributed by atoms with Gasteiger partial charge in [0.15, 0.2) is 0 Å². The van der Waals surface area contributed by atoms with Gasteiger partial charge in [-0.3, -0.25) is 14.6 Å². The number of amides is 1. The Hall–Kier alpha value is -2.63. The zero-order chi connectivity index (χ0) is 23.3. The molecule has 1 amide bonds. The van der Waals surface area contributed by atoms with Crippen LogP contribution in [-0.2, 0) is 0 Å². The van der Waals surface area contributed by atoms with E-state index in [1.54, 1.807) is 6.07 Å². The van der Waals surface area contributed by atoms with Gasteiger partial charge in [0.1, 0.15) is 5.75 Å². The van der Waals surface area contributed by atoms with Crippen molar-refractivity contribution in [2.24, 2.45) is 0 Å². The summed E-state index contributed by atoms with van der Waals surface area (Å²) in [6, 6.07) is 16.3. The Labute approximate surface area is 193 Å². The van der Waals surface area contributed by atoms with Crippen molar-refractivity contribution in [1.82, 2.24) is 14.7 Å². The fourth-order valence-electron chi connectivity index (χ4n) is 4.78. The predicted octanol–water partition coefficient (Wildman–Crippen LogP) is 4.54. The van der Waals surface area contributed by atoms with Crippen LogP contribution in [0.1, 0.15) is 55.2 Å². The first-order valence-electron chi connectivity index (χ1n) is 11.7. The molecule has 1 aliphatic heterocycles. The van der Waals surface area contributed by atoms with Crippen molar-refractivity contribution in [2.45, 2.75) is 45.8 Å². The number of benzene rings is 2. The molecule has 1 fully saturated rings. The number of nitrogens with zero attached hydrogens (tertiary/aromatic N) is 3. The Morgan fingerprint density at radius 1 is 1.09 bits per heavy atom. The van der Waals surface area contributed by atoms with Gasteiger partial charge in [0.05, 0.1) is 6.04 Å². The predicted molar refractivity (Wildman–Crippen MR) is 131 cm³/mol. The molecule has 5 heteroatoms. The van der Waals surface area contributed by atoms with Gasteiger partial charge >= 0.3 is 0 Å². The zero-order valence-corrected chi connectivity index (χ0v) is 19.9. The molecule has 32 heavy (non-hydrogen) atoms. The number of phenols is 1. The maximum absolute atomic E-state index is 12.8. The quantitative estimate of drug-likeness (QED) is 0.618. The smallest absolute Gasteiger partial charge is 0.253 e. The maximum atomic E-state index is 12.8. The van der Waals surface area contributed by atoms with Gasteiger partial charge in [0, 0.05) is 50.4 Å². The highest BCUT2D eigenvalue weighted by Gasteiger charge is 2.34. The third kappa shape index (κ3) is 5.22. The fourth-order valence-corrected chi connectivity index (χ4v) is 4.78. The molecule has 0 radical (unpaired) electrons. The molecule has 172 valence electrons. The number of rotatable bonds is 8. The molecule has 0 spiro atoms. The van der Waals surface area contributed by atoms with Crippen LogP contribution in [-0.4, -0.2) is 70.5 Å². The number of hydrogen-bond acceptors (Lipinski definition) is 4. The summed E-state index contributed by atoms with van der Waals surface area (Å²) in [4.78, 5) is 19.6. The van der Waals surface area contributed by atoms with Gasteiger partial charge in [-0.25, -0.2) is 0 Å². The molecule has 1 unspecified atom stereocenters. The largest absolute Gasteiger partial charge is 0.508 e. The summed E-state index contributed by atoms with van der Waals surface area (Å²) >= 11 is 0. The second-order valence-corrected chi connectivity index (χ2v) is 8.73. The molecule has 2 aromatic carbocycles. The lowest BCUT2D eigenvalue weighted by Gasteiger charge is -2.47. The average molecular weight is 436 g/mol. The Balaban J connectivity index is 1.96. The number of carbonyl (C=O) groups is 1. The summed E-state index contributed by atoms with van der Waals surface area (Å²) in [5, 5.41) is 10.2. The first-order valence-corrected chi connectivity index (χ1v) is 11.7. The van der Waals surface area contributed by atoms with Crippen LogP contribution in [0, 0.1) is 0 Å². The van der Waals surface area contributed by atoms with Gasteiger partial charge in [-0.15, -0.1) is 6.58 Å². The van der Waals surface area contributed by atoms with Gasteiger partial charge in [-0.05, 0) is 63.1 Å². The molecule has 3 rings (SSSR count). The van der Waals surface area contributed by atoms with E-state index in [9.17, 15) is 9.90 Å². The van der Waals surface area contributed by atoms with E-state index in [4.69, 9.17) is 0 Å². The summed E-state index contributed by atoms with van der Waals surface area (Å²) < 4.78 is 0. The highest BCUT2D eigenvalue weighted by molar-refractivity contribution is 5.94. The van der Waals surface area contributed by atoms with Crippen LogP contribution in [0.3, 0.4) is 0 Å². The Kier molecular flexibility index (Phi) is 8.10. The van der Waals surface area contributed by atoms with Crippen molar-refractivity contribution < 1.29 is 9.90 Å². The van der Waals surface area contributed by atoms with Crippen molar-refractivity contribution in [2.75, 3.05) is 32.7 Å². The zero-order valence-electron chi connectivity index (χ0n) is 19.9. The summed E-state index contributed by atoms with van der Waals surface area (Å²) in [6.07, 6.45) is 1.97. The molecule has 1 aliphatic rings. The lowest BCUT2D eigenvalue weighted by Crippen LogP contribution is -2.57. The number of carbonyl (C=O) groups excluding carboxylic acids is 1. The monoisotopic (exact) mass is 435 g/mol. The Morgan fingerprint density at radius 3 is 2.38 bits per heavy atom. The number of aromatic hydroxyl groups is 1. The molecule has 0 aromatic heterocycles. The Morgan fingerprint density at radius 2 is 1.78 bits per heavy atom. The lowest BCUT2D eigenvalue weighted by molar-refractivity contribution is 0.0306. The normalized spacial score (nSPS) is 20.6. The van der Waals surface area contributed by atoms with Crippen molar-refractivity contribution in [3.05, 3.63) is 77.9 Å². The third-order valence-electron chi connectivity index (χ3n) is 6.57. The summed E-state index contributed by atoms with van der Waals surface area (Å²) in [7, 11) is 0. The molecule has 0 saturated carbocycles. The van der Waals surface area contributed by atoms with Gasteiger partial charge in [-0.2, -0.15) is 0 Å². The van der Waals surface area contributed by atoms with E-state index < -0.39 is 0 Å². The Bertz CT molecular complexity index is 907. The van der Waals surface area contributed by atoms with Crippen molar-refractivity contribution >= 4 is 5.91 Å². The molecule has 1 N–H and O–H groups in total. The molecule has 1 heterocycles. The second-order valence-electron chi connectivity index (χ2n) is 8.73. The highest BCUT2D eigenvalue weighted by Crippen LogP contribution is 2.34. The van der Waals surface area contributed by atoms with Crippen molar-refractivity contribution in [3.63, 3.8) is 0 Å². The molecule has 1 saturated heterocycles. The van der Waals surface area contributed by atoms with Crippen LogP contribution < -0.4 is 0 Å². The standard InChI is InChI=1S/C27H37N3O2/c1-6-16-29-18-21(5)30(19-20(29)4)26(24-10-9-11-25(31)17-24)22-12-14-23(15-13-22)27(32)28(7-2)8-3/h6,9-15,17,20-21,26,31H,1,7-8,16,18-19H2,2-5H3/t20-,21-,26?/m0/s1. The maximum Gasteiger partial charge on any atom is 0.253 e. The minimum Gasteiger partial charge on any atom is -0.508 e. The molecular weight excluding hydrogens is 398 g/mol. The molecule has 3 atom stereocenters. The topological polar surface area (TPSA) is 47.0 Å². The van der Waals surface area contributed by atoms with E-state index in [0.29, 0.717) is 30.7 Å². The van der Waals surface area contributed by atoms with E-state index in [-0.39, 0.29) is 17.7 Å². The van der Waals surface area contributed by atoms with E-state index in [1.165, 1.54) is 0 Å². The average Bonchev–Trinajstić information content (AvgIpc) is 2.78.